The zero-order chi connectivity index (χ0) is 23.0. The smallest absolute Gasteiger partial charge is 0.410 e. The van der Waals surface area contributed by atoms with Crippen molar-refractivity contribution in [2.24, 2.45) is 0 Å². The zero-order valence-corrected chi connectivity index (χ0v) is 17.4. The number of phenolic OH excluding ortho intramolecular Hbond substituents is 1. The number of aromatic hydroxyl groups is 1. The maximum atomic E-state index is 13.8. The number of ether oxygens (including phenoxy) is 1. The summed E-state index contributed by atoms with van der Waals surface area (Å²) in [5, 5.41) is 19.5. The van der Waals surface area contributed by atoms with Crippen LogP contribution in [0.5, 0.6) is 11.5 Å². The van der Waals surface area contributed by atoms with Gasteiger partial charge in [-0.05, 0) is 35.9 Å². The largest absolute Gasteiger partial charge is 0.506 e. The van der Waals surface area contributed by atoms with Crippen molar-refractivity contribution in [2.75, 3.05) is 17.7 Å². The summed E-state index contributed by atoms with van der Waals surface area (Å²) in [6.07, 6.45) is -3.82. The number of aromatic nitrogens is 2. The summed E-state index contributed by atoms with van der Waals surface area (Å²) in [4.78, 5) is 12.8. The molecule has 2 atom stereocenters. The average molecular weight is 467 g/mol. The van der Waals surface area contributed by atoms with Crippen LogP contribution in [0.4, 0.5) is 24.7 Å². The van der Waals surface area contributed by atoms with Crippen molar-refractivity contribution in [1.29, 1.82) is 0 Å². The van der Waals surface area contributed by atoms with E-state index in [1.54, 1.807) is 24.3 Å². The topological polar surface area (TPSA) is 88.4 Å². The minimum absolute atomic E-state index is 0.0253. The van der Waals surface area contributed by atoms with Crippen LogP contribution in [0, 0.1) is 0 Å². The van der Waals surface area contributed by atoms with Gasteiger partial charge in [0.05, 0.1) is 25.0 Å². The van der Waals surface area contributed by atoms with Gasteiger partial charge in [-0.25, -0.2) is 4.68 Å². The molecule has 7 nitrogen and oxygen atoms in total. The minimum Gasteiger partial charge on any atom is -0.506 e. The van der Waals surface area contributed by atoms with Crippen LogP contribution in [0.25, 0.3) is 0 Å². The summed E-state index contributed by atoms with van der Waals surface area (Å²) in [6.45, 7) is 0. The first kappa shape index (κ1) is 21.8. The number of hydrogen-bond acceptors (Lipinski definition) is 5. The Bertz CT molecular complexity index is 1150. The Morgan fingerprint density at radius 2 is 2.00 bits per heavy atom. The van der Waals surface area contributed by atoms with Crippen molar-refractivity contribution >= 4 is 29.0 Å². The monoisotopic (exact) mass is 466 g/mol. The van der Waals surface area contributed by atoms with E-state index >= 15 is 0 Å². The Balaban J connectivity index is 1.69. The Morgan fingerprint density at radius 3 is 2.66 bits per heavy atom. The predicted octanol–water partition coefficient (Wildman–Crippen LogP) is 5.16. The highest BCUT2D eigenvalue weighted by molar-refractivity contribution is 6.31. The third-order valence-corrected chi connectivity index (χ3v) is 5.44. The van der Waals surface area contributed by atoms with Crippen LogP contribution in [0.1, 0.15) is 34.4 Å². The molecule has 0 saturated heterocycles. The van der Waals surface area contributed by atoms with Gasteiger partial charge in [0.15, 0.2) is 6.04 Å². The summed E-state index contributed by atoms with van der Waals surface area (Å²) in [6, 6.07) is 8.06. The van der Waals surface area contributed by atoms with Crippen molar-refractivity contribution in [3.05, 3.63) is 64.8 Å². The standard InChI is InChI=1S/C21H18ClF3N4O3/c1-32-13-5-2-11(3-6-13)15-9-18(21(23,24)25)29-19(27-15)14(10-26-29)20(31)28-16-8-12(22)4-7-17(16)30/h2-8,10,15,18,27,30H,9H2,1H3,(H,28,31). The van der Waals surface area contributed by atoms with Crippen LogP contribution in [0.15, 0.2) is 48.7 Å². The zero-order valence-electron chi connectivity index (χ0n) is 16.7. The summed E-state index contributed by atoms with van der Waals surface area (Å²) in [5.74, 6) is -0.476. The minimum atomic E-state index is -4.58. The van der Waals surface area contributed by atoms with E-state index in [1.165, 1.54) is 25.3 Å². The van der Waals surface area contributed by atoms with Crippen molar-refractivity contribution in [3.63, 3.8) is 0 Å². The van der Waals surface area contributed by atoms with Gasteiger partial charge in [0, 0.05) is 11.4 Å². The van der Waals surface area contributed by atoms with Gasteiger partial charge < -0.3 is 20.5 Å². The maximum Gasteiger partial charge on any atom is 0.410 e. The van der Waals surface area contributed by atoms with Gasteiger partial charge in [-0.15, -0.1) is 0 Å². The van der Waals surface area contributed by atoms with Crippen LogP contribution in [0.3, 0.4) is 0 Å². The van der Waals surface area contributed by atoms with E-state index < -0.39 is 24.2 Å². The van der Waals surface area contributed by atoms with Crippen molar-refractivity contribution in [3.8, 4) is 11.5 Å². The molecule has 0 aliphatic carbocycles. The first-order chi connectivity index (χ1) is 15.2. The van der Waals surface area contributed by atoms with Gasteiger partial charge in [0.1, 0.15) is 22.9 Å². The summed E-state index contributed by atoms with van der Waals surface area (Å²) in [5.41, 5.74) is 0.528. The SMILES string of the molecule is COc1ccc(C2CC(C(F)(F)F)n3ncc(C(=O)Nc4cc(Cl)ccc4O)c3N2)cc1. The molecule has 0 fully saturated rings. The van der Waals surface area contributed by atoms with E-state index in [1.807, 2.05) is 0 Å². The number of nitrogens with zero attached hydrogens (tertiary/aromatic N) is 2. The molecule has 2 aromatic carbocycles. The van der Waals surface area contributed by atoms with E-state index in [0.29, 0.717) is 11.3 Å². The molecule has 0 radical (unpaired) electrons. The van der Waals surface area contributed by atoms with Gasteiger partial charge in [-0.2, -0.15) is 18.3 Å². The number of phenols is 1. The molecule has 11 heteroatoms. The number of fused-ring (bicyclic) bond motifs is 1. The molecule has 32 heavy (non-hydrogen) atoms. The summed E-state index contributed by atoms with van der Waals surface area (Å²) in [7, 11) is 1.49. The highest BCUT2D eigenvalue weighted by Gasteiger charge is 2.47. The number of amides is 1. The van der Waals surface area contributed by atoms with Crippen LogP contribution in [-0.2, 0) is 0 Å². The molecule has 1 aliphatic rings. The summed E-state index contributed by atoms with van der Waals surface area (Å²) >= 11 is 5.89. The van der Waals surface area contributed by atoms with Crippen LogP contribution in [-0.4, -0.2) is 34.1 Å². The highest BCUT2D eigenvalue weighted by atomic mass is 35.5. The summed E-state index contributed by atoms with van der Waals surface area (Å²) < 4.78 is 47.4. The van der Waals surface area contributed by atoms with Gasteiger partial charge in [-0.1, -0.05) is 23.7 Å². The van der Waals surface area contributed by atoms with Crippen LogP contribution < -0.4 is 15.4 Å². The highest BCUT2D eigenvalue weighted by Crippen LogP contribution is 2.44. The van der Waals surface area contributed by atoms with Crippen LogP contribution in [0.2, 0.25) is 5.02 Å². The molecule has 4 rings (SSSR count). The molecule has 0 saturated carbocycles. The second kappa shape index (κ2) is 8.27. The molecular formula is C21H18ClF3N4O3. The Kier molecular flexibility index (Phi) is 5.64. The lowest BCUT2D eigenvalue weighted by Gasteiger charge is -2.34. The molecule has 168 valence electrons. The molecule has 0 spiro atoms. The molecule has 3 aromatic rings. The Hall–Kier alpha value is -3.40. The number of halogens is 4. The molecule has 2 heterocycles. The lowest BCUT2D eigenvalue weighted by Crippen LogP contribution is -2.36. The molecular weight excluding hydrogens is 449 g/mol. The van der Waals surface area contributed by atoms with Crippen molar-refractivity contribution in [1.82, 2.24) is 9.78 Å². The fraction of sp³-hybridized carbons (Fsp3) is 0.238. The van der Waals surface area contributed by atoms with Gasteiger partial charge in [0.2, 0.25) is 0 Å². The maximum absolute atomic E-state index is 13.8. The number of benzene rings is 2. The Labute approximate surface area is 185 Å². The third kappa shape index (κ3) is 4.18. The quantitative estimate of drug-likeness (QED) is 0.462. The molecule has 1 amide bonds. The number of carbonyl (C=O) groups excluding carboxylic acids is 1. The fourth-order valence-electron chi connectivity index (χ4n) is 3.58. The molecule has 1 aromatic heterocycles. The van der Waals surface area contributed by atoms with Gasteiger partial charge in [-0.3, -0.25) is 4.79 Å². The number of alkyl halides is 3. The lowest BCUT2D eigenvalue weighted by molar-refractivity contribution is -0.173. The fourth-order valence-corrected chi connectivity index (χ4v) is 3.75. The molecule has 2 unspecified atom stereocenters. The van der Waals surface area contributed by atoms with E-state index in [0.717, 1.165) is 10.9 Å². The first-order valence-corrected chi connectivity index (χ1v) is 9.89. The first-order valence-electron chi connectivity index (χ1n) is 9.52. The normalized spacial score (nSPS) is 17.9. The average Bonchev–Trinajstić information content (AvgIpc) is 3.19. The molecule has 3 N–H and O–H groups in total. The number of carbonyl (C=O) groups is 1. The van der Waals surface area contributed by atoms with E-state index in [-0.39, 0.29) is 34.3 Å². The number of hydrogen-bond donors (Lipinski definition) is 3. The van der Waals surface area contributed by atoms with Crippen molar-refractivity contribution in [2.45, 2.75) is 24.7 Å². The van der Waals surface area contributed by atoms with Crippen LogP contribution >= 0.6 is 11.6 Å². The molecule has 0 bridgehead atoms. The van der Waals surface area contributed by atoms with Gasteiger partial charge >= 0.3 is 6.18 Å². The molecule has 1 aliphatic heterocycles. The number of methoxy groups -OCH3 is 1. The lowest BCUT2D eigenvalue weighted by atomic mass is 9.96. The predicted molar refractivity (Wildman–Crippen MR) is 112 cm³/mol. The van der Waals surface area contributed by atoms with Crippen molar-refractivity contribution < 1.29 is 27.8 Å². The number of nitrogens with one attached hydrogen (secondary N) is 2. The second-order valence-corrected chi connectivity index (χ2v) is 7.67. The number of anilines is 2. The van der Waals surface area contributed by atoms with E-state index in [4.69, 9.17) is 16.3 Å². The number of rotatable bonds is 4. The van der Waals surface area contributed by atoms with Gasteiger partial charge in [0.25, 0.3) is 5.91 Å². The Morgan fingerprint density at radius 1 is 1.28 bits per heavy atom. The second-order valence-electron chi connectivity index (χ2n) is 7.23. The third-order valence-electron chi connectivity index (χ3n) is 5.21. The van der Waals surface area contributed by atoms with E-state index in [2.05, 4.69) is 15.7 Å². The van der Waals surface area contributed by atoms with E-state index in [9.17, 15) is 23.1 Å².